The summed E-state index contributed by atoms with van der Waals surface area (Å²) in [7, 11) is -9.62. The maximum absolute atomic E-state index is 15.3. The largest absolute Gasteiger partial charge is 0.387 e. The van der Waals surface area contributed by atoms with Gasteiger partial charge in [0, 0.05) is 0 Å². The van der Waals surface area contributed by atoms with E-state index in [2.05, 4.69) is 6.92 Å². The summed E-state index contributed by atoms with van der Waals surface area (Å²) in [4.78, 5) is -1.15. The summed E-state index contributed by atoms with van der Waals surface area (Å²) in [6.45, 7) is 2.07. The van der Waals surface area contributed by atoms with Crippen molar-refractivity contribution in [2.24, 2.45) is 0 Å². The number of aliphatic hydroxyl groups excluding tert-OH is 1. The van der Waals surface area contributed by atoms with Crippen molar-refractivity contribution in [3.63, 3.8) is 0 Å². The van der Waals surface area contributed by atoms with Crippen LogP contribution in [0.3, 0.4) is 0 Å². The van der Waals surface area contributed by atoms with Gasteiger partial charge in [0.15, 0.2) is 0 Å². The molecule has 0 fully saturated rings. The van der Waals surface area contributed by atoms with E-state index in [0.29, 0.717) is 12.8 Å². The Bertz CT molecular complexity index is 733. The first kappa shape index (κ1) is 19.3. The Morgan fingerprint density at radius 2 is 1.42 bits per heavy atom. The molecule has 0 amide bonds. The molecule has 0 aliphatic carbocycles. The topological polar surface area (TPSA) is 88.5 Å². The molecule has 1 aromatic rings. The average Bonchev–Trinajstić information content (AvgIpc) is 2.67. The summed E-state index contributed by atoms with van der Waals surface area (Å²) in [6, 6.07) is 4.78. The molecule has 1 aliphatic heterocycles. The summed E-state index contributed by atoms with van der Waals surface area (Å²) in [5.41, 5.74) is 0. The van der Waals surface area contributed by atoms with Crippen LogP contribution < -0.4 is 0 Å². The minimum Gasteiger partial charge on any atom is -0.387 e. The van der Waals surface area contributed by atoms with Gasteiger partial charge < -0.3 is 5.11 Å². The van der Waals surface area contributed by atoms with Crippen molar-refractivity contribution >= 4 is 19.7 Å². The molecule has 1 heterocycles. The fraction of sp³-hybridized carbons (Fsp3) is 0.625. The highest BCUT2D eigenvalue weighted by atomic mass is 32.3. The molecule has 2 rings (SSSR count). The van der Waals surface area contributed by atoms with Crippen LogP contribution in [0.4, 0.5) is 4.39 Å². The van der Waals surface area contributed by atoms with E-state index in [9.17, 15) is 21.9 Å². The number of hydrogen-bond donors (Lipinski definition) is 1. The molecule has 1 aromatic carbocycles. The van der Waals surface area contributed by atoms with E-state index >= 15 is 4.39 Å². The Kier molecular flexibility index (Phi) is 5.71. The highest BCUT2D eigenvalue weighted by Crippen LogP contribution is 2.49. The lowest BCUT2D eigenvalue weighted by atomic mass is 10.1. The summed E-state index contributed by atoms with van der Waals surface area (Å²) in [5.74, 6) is 0. The van der Waals surface area contributed by atoms with Gasteiger partial charge in [0.05, 0.1) is 9.79 Å². The van der Waals surface area contributed by atoms with Gasteiger partial charge in [-0.05, 0) is 18.6 Å². The van der Waals surface area contributed by atoms with Gasteiger partial charge in [-0.1, -0.05) is 57.6 Å². The normalized spacial score (nSPS) is 21.3. The van der Waals surface area contributed by atoms with Crippen molar-refractivity contribution in [3.05, 3.63) is 24.3 Å². The van der Waals surface area contributed by atoms with Crippen LogP contribution in [0, 0.1) is 0 Å². The average molecular weight is 378 g/mol. The molecule has 8 heteroatoms. The van der Waals surface area contributed by atoms with E-state index in [1.807, 2.05) is 0 Å². The highest BCUT2D eigenvalue weighted by Gasteiger charge is 2.68. The number of sulfone groups is 2. The minimum atomic E-state index is -4.81. The van der Waals surface area contributed by atoms with E-state index in [4.69, 9.17) is 0 Å². The van der Waals surface area contributed by atoms with Gasteiger partial charge >= 0.3 is 4.33 Å². The first-order chi connectivity index (χ1) is 11.2. The van der Waals surface area contributed by atoms with Crippen LogP contribution in [-0.2, 0) is 19.7 Å². The van der Waals surface area contributed by atoms with Crippen LogP contribution in [0.15, 0.2) is 34.1 Å². The Hall–Kier alpha value is -0.990. The fourth-order valence-corrected chi connectivity index (χ4v) is 8.07. The van der Waals surface area contributed by atoms with Gasteiger partial charge in [0.2, 0.25) is 19.7 Å². The second kappa shape index (κ2) is 7.09. The lowest BCUT2D eigenvalue weighted by molar-refractivity contribution is 0.0853. The van der Waals surface area contributed by atoms with Gasteiger partial charge in [0.1, 0.15) is 6.10 Å². The van der Waals surface area contributed by atoms with Crippen molar-refractivity contribution < 1.29 is 26.3 Å². The number of aliphatic hydroxyl groups is 1. The maximum Gasteiger partial charge on any atom is 0.342 e. The number of unbranched alkanes of at least 4 members (excludes halogenated alkanes) is 5. The lowest BCUT2D eigenvalue weighted by Crippen LogP contribution is -2.47. The third-order valence-electron chi connectivity index (χ3n) is 4.39. The summed E-state index contributed by atoms with van der Waals surface area (Å²) < 4.78 is 61.2. The van der Waals surface area contributed by atoms with E-state index in [1.165, 1.54) is 12.1 Å². The standard InChI is InChI=1S/C16H23FO5S2/c1-2-3-4-5-6-7-12-15(18)16(17)23(19,20)13-10-8-9-11-14(13)24(16,21)22/h8-11,15,18H,2-7,12H2,1H3. The van der Waals surface area contributed by atoms with Crippen molar-refractivity contribution in [3.8, 4) is 0 Å². The maximum atomic E-state index is 15.3. The smallest absolute Gasteiger partial charge is 0.342 e. The fourth-order valence-electron chi connectivity index (χ4n) is 2.99. The van der Waals surface area contributed by atoms with Crippen LogP contribution in [0.25, 0.3) is 0 Å². The zero-order chi connectivity index (χ0) is 18.0. The molecule has 0 aromatic heterocycles. The lowest BCUT2D eigenvalue weighted by Gasteiger charge is -2.24. The van der Waals surface area contributed by atoms with Crippen LogP contribution in [0.5, 0.6) is 0 Å². The second-order valence-electron chi connectivity index (χ2n) is 6.11. The van der Waals surface area contributed by atoms with Crippen LogP contribution in [0.2, 0.25) is 0 Å². The van der Waals surface area contributed by atoms with E-state index in [0.717, 1.165) is 37.8 Å². The van der Waals surface area contributed by atoms with Gasteiger partial charge in [0.25, 0.3) is 0 Å². The molecule has 1 atom stereocenters. The van der Waals surface area contributed by atoms with Gasteiger partial charge in [-0.3, -0.25) is 0 Å². The van der Waals surface area contributed by atoms with Crippen LogP contribution >= 0.6 is 0 Å². The molecule has 5 nitrogen and oxygen atoms in total. The highest BCUT2D eigenvalue weighted by molar-refractivity contribution is 8.12. The summed E-state index contributed by atoms with van der Waals surface area (Å²) in [6.07, 6.45) is 2.80. The number of hydrogen-bond acceptors (Lipinski definition) is 5. The molecule has 1 aliphatic rings. The first-order valence-corrected chi connectivity index (χ1v) is 11.1. The third kappa shape index (κ3) is 2.88. The van der Waals surface area contributed by atoms with Crippen molar-refractivity contribution in [2.45, 2.75) is 72.1 Å². The predicted molar refractivity (Wildman–Crippen MR) is 88.7 cm³/mol. The Labute approximate surface area is 142 Å². The zero-order valence-corrected chi connectivity index (χ0v) is 15.2. The Morgan fingerprint density at radius 1 is 0.958 bits per heavy atom. The van der Waals surface area contributed by atoms with Gasteiger partial charge in [-0.15, -0.1) is 0 Å². The van der Waals surface area contributed by atoms with Crippen molar-refractivity contribution in [2.75, 3.05) is 0 Å². The number of alkyl halides is 1. The van der Waals surface area contributed by atoms with Crippen molar-refractivity contribution in [1.82, 2.24) is 0 Å². The number of benzene rings is 1. The first-order valence-electron chi connectivity index (χ1n) is 8.16. The second-order valence-corrected chi connectivity index (χ2v) is 10.4. The number of rotatable bonds is 8. The SMILES string of the molecule is CCCCCCCCC(O)C1(F)S(=O)(=O)c2ccccc2S1(=O)=O. The Balaban J connectivity index is 2.20. The molecule has 24 heavy (non-hydrogen) atoms. The van der Waals surface area contributed by atoms with E-state index in [1.54, 1.807) is 0 Å². The van der Waals surface area contributed by atoms with Crippen LogP contribution in [-0.4, -0.2) is 32.4 Å². The molecular formula is C16H23FO5S2. The molecule has 136 valence electrons. The monoisotopic (exact) mass is 378 g/mol. The van der Waals surface area contributed by atoms with Crippen LogP contribution in [0.1, 0.15) is 51.9 Å². The molecule has 1 N–H and O–H groups in total. The molecule has 1 unspecified atom stereocenters. The molecular weight excluding hydrogens is 355 g/mol. The molecule has 0 saturated carbocycles. The minimum absolute atomic E-state index is 0.213. The van der Waals surface area contributed by atoms with Gasteiger partial charge in [-0.25, -0.2) is 21.2 Å². The Morgan fingerprint density at radius 3 is 1.92 bits per heavy atom. The third-order valence-corrected chi connectivity index (χ3v) is 9.72. The molecule has 0 spiro atoms. The predicted octanol–water partition coefficient (Wildman–Crippen LogP) is 2.98. The zero-order valence-electron chi connectivity index (χ0n) is 13.6. The van der Waals surface area contributed by atoms with Gasteiger partial charge in [-0.2, -0.15) is 0 Å². The summed E-state index contributed by atoms with van der Waals surface area (Å²) in [5, 5.41) is 10.1. The number of fused-ring (bicyclic) bond motifs is 1. The molecule has 0 radical (unpaired) electrons. The van der Waals surface area contributed by atoms with E-state index < -0.39 is 39.9 Å². The van der Waals surface area contributed by atoms with E-state index in [-0.39, 0.29) is 6.42 Å². The summed E-state index contributed by atoms with van der Waals surface area (Å²) >= 11 is 0. The number of halogens is 1. The molecule has 0 bridgehead atoms. The quantitative estimate of drug-likeness (QED) is 0.703. The molecule has 0 saturated heterocycles. The van der Waals surface area contributed by atoms with Crippen molar-refractivity contribution in [1.29, 1.82) is 0 Å².